The van der Waals surface area contributed by atoms with Crippen LogP contribution in [0, 0.1) is 24.7 Å². The number of hydrogen-bond donors (Lipinski definition) is 1. The molecular formula is C19H28N2O2S. The zero-order valence-corrected chi connectivity index (χ0v) is 15.4. The van der Waals surface area contributed by atoms with Crippen molar-refractivity contribution in [3.05, 3.63) is 16.1 Å². The van der Waals surface area contributed by atoms with Crippen LogP contribution in [0.3, 0.4) is 0 Å². The van der Waals surface area contributed by atoms with Crippen molar-refractivity contribution in [1.82, 2.24) is 9.88 Å². The molecule has 3 unspecified atom stereocenters. The smallest absolute Gasteiger partial charge is 0.222 e. The lowest BCUT2D eigenvalue weighted by molar-refractivity contribution is -0.136. The van der Waals surface area contributed by atoms with E-state index in [1.165, 1.54) is 25.7 Å². The summed E-state index contributed by atoms with van der Waals surface area (Å²) in [5.74, 6) is 2.67. The highest BCUT2D eigenvalue weighted by Crippen LogP contribution is 2.49. The average Bonchev–Trinajstić information content (AvgIpc) is 3.25. The summed E-state index contributed by atoms with van der Waals surface area (Å²) < 4.78 is 0. The van der Waals surface area contributed by atoms with E-state index in [9.17, 15) is 9.90 Å². The van der Waals surface area contributed by atoms with Crippen LogP contribution < -0.4 is 0 Å². The van der Waals surface area contributed by atoms with Gasteiger partial charge in [0.2, 0.25) is 5.91 Å². The number of rotatable bonds is 4. The second-order valence-electron chi connectivity index (χ2n) is 8.30. The third kappa shape index (κ3) is 3.38. The number of likely N-dealkylation sites (tertiary alicyclic amines) is 1. The first kappa shape index (κ1) is 16.5. The normalized spacial score (nSPS) is 31.6. The monoisotopic (exact) mass is 348 g/mol. The maximum absolute atomic E-state index is 12.6. The van der Waals surface area contributed by atoms with Gasteiger partial charge < -0.3 is 10.0 Å². The second-order valence-corrected chi connectivity index (χ2v) is 9.25. The standard InChI is InChI=1S/C19H28N2O2S/c1-13-12-24-17(20-13)11-19(23)4-6-21(7-5-19)18(22)10-16-9-14-2-3-15(16)8-14/h12,14-16,23H,2-11H2,1H3. The molecule has 1 aromatic heterocycles. The molecule has 1 saturated heterocycles. The molecule has 5 heteroatoms. The molecule has 0 spiro atoms. The van der Waals surface area contributed by atoms with Crippen molar-refractivity contribution in [2.75, 3.05) is 13.1 Å². The summed E-state index contributed by atoms with van der Waals surface area (Å²) in [5.41, 5.74) is 0.338. The quantitative estimate of drug-likeness (QED) is 0.909. The summed E-state index contributed by atoms with van der Waals surface area (Å²) in [5, 5.41) is 13.9. The highest BCUT2D eigenvalue weighted by Gasteiger charge is 2.41. The van der Waals surface area contributed by atoms with Crippen molar-refractivity contribution in [1.29, 1.82) is 0 Å². The Kier molecular flexibility index (Phi) is 4.42. The van der Waals surface area contributed by atoms with Crippen molar-refractivity contribution in [3.8, 4) is 0 Å². The van der Waals surface area contributed by atoms with E-state index < -0.39 is 5.60 Å². The number of nitrogens with zero attached hydrogens (tertiary/aromatic N) is 2. The van der Waals surface area contributed by atoms with Crippen LogP contribution in [0.4, 0.5) is 0 Å². The first-order valence-corrected chi connectivity index (χ1v) is 10.3. The molecule has 1 amide bonds. The number of aromatic nitrogens is 1. The minimum atomic E-state index is -0.687. The predicted octanol–water partition coefficient (Wildman–Crippen LogP) is 3.17. The van der Waals surface area contributed by atoms with Crippen LogP contribution in [-0.2, 0) is 11.2 Å². The van der Waals surface area contributed by atoms with Gasteiger partial charge in [-0.15, -0.1) is 11.3 Å². The number of thiazole rings is 1. The van der Waals surface area contributed by atoms with Gasteiger partial charge in [0, 0.05) is 37.0 Å². The van der Waals surface area contributed by atoms with E-state index >= 15 is 0 Å². The molecule has 1 N–H and O–H groups in total. The predicted molar refractivity (Wildman–Crippen MR) is 94.9 cm³/mol. The molecule has 24 heavy (non-hydrogen) atoms. The topological polar surface area (TPSA) is 53.4 Å². The fourth-order valence-electron chi connectivity index (χ4n) is 5.09. The number of carbonyl (C=O) groups excluding carboxylic acids is 1. The lowest BCUT2D eigenvalue weighted by atomic mass is 9.85. The van der Waals surface area contributed by atoms with Crippen LogP contribution in [0.1, 0.15) is 55.6 Å². The molecule has 0 aromatic carbocycles. The Morgan fingerprint density at radius 3 is 2.75 bits per heavy atom. The van der Waals surface area contributed by atoms with Gasteiger partial charge in [0.25, 0.3) is 0 Å². The number of amides is 1. The number of hydrogen-bond acceptors (Lipinski definition) is 4. The third-order valence-electron chi connectivity index (χ3n) is 6.52. The average molecular weight is 349 g/mol. The Morgan fingerprint density at radius 1 is 1.38 bits per heavy atom. The van der Waals surface area contributed by atoms with E-state index in [-0.39, 0.29) is 0 Å². The zero-order chi connectivity index (χ0) is 16.7. The molecule has 2 bridgehead atoms. The first-order chi connectivity index (χ1) is 11.5. The molecule has 0 radical (unpaired) electrons. The van der Waals surface area contributed by atoms with Crippen LogP contribution in [0.2, 0.25) is 0 Å². The largest absolute Gasteiger partial charge is 0.389 e. The summed E-state index contributed by atoms with van der Waals surface area (Å²) in [7, 11) is 0. The van der Waals surface area contributed by atoms with Crippen LogP contribution in [0.15, 0.2) is 5.38 Å². The van der Waals surface area contributed by atoms with Gasteiger partial charge in [0.05, 0.1) is 10.6 Å². The third-order valence-corrected chi connectivity index (χ3v) is 7.48. The summed E-state index contributed by atoms with van der Waals surface area (Å²) in [6.45, 7) is 3.38. The van der Waals surface area contributed by atoms with E-state index in [0.717, 1.165) is 29.0 Å². The SMILES string of the molecule is Cc1csc(CC2(O)CCN(C(=O)CC3CC4CCC3C4)CC2)n1. The van der Waals surface area contributed by atoms with Gasteiger partial charge in [-0.2, -0.15) is 0 Å². The summed E-state index contributed by atoms with van der Waals surface area (Å²) in [4.78, 5) is 19.1. The van der Waals surface area contributed by atoms with Gasteiger partial charge in [0.1, 0.15) is 0 Å². The van der Waals surface area contributed by atoms with Gasteiger partial charge in [-0.3, -0.25) is 4.79 Å². The highest BCUT2D eigenvalue weighted by molar-refractivity contribution is 7.09. The zero-order valence-electron chi connectivity index (χ0n) is 14.5. The Balaban J connectivity index is 1.28. The van der Waals surface area contributed by atoms with E-state index in [0.29, 0.717) is 44.2 Å². The lowest BCUT2D eigenvalue weighted by Gasteiger charge is -2.38. The Bertz CT molecular complexity index is 606. The van der Waals surface area contributed by atoms with Gasteiger partial charge in [-0.1, -0.05) is 6.42 Å². The molecule has 1 aliphatic heterocycles. The van der Waals surface area contributed by atoms with E-state index in [1.807, 2.05) is 17.2 Å². The van der Waals surface area contributed by atoms with E-state index in [2.05, 4.69) is 4.98 Å². The number of piperidine rings is 1. The minimum absolute atomic E-state index is 0.319. The second kappa shape index (κ2) is 6.41. The van der Waals surface area contributed by atoms with Crippen LogP contribution >= 0.6 is 11.3 Å². The van der Waals surface area contributed by atoms with Crippen LogP contribution in [0.5, 0.6) is 0 Å². The number of aryl methyl sites for hydroxylation is 1. The van der Waals surface area contributed by atoms with Crippen molar-refractivity contribution >= 4 is 17.2 Å². The van der Waals surface area contributed by atoms with E-state index in [1.54, 1.807) is 11.3 Å². The van der Waals surface area contributed by atoms with Gasteiger partial charge in [-0.25, -0.2) is 4.98 Å². The van der Waals surface area contributed by atoms with Crippen LogP contribution in [0.25, 0.3) is 0 Å². The van der Waals surface area contributed by atoms with Gasteiger partial charge >= 0.3 is 0 Å². The van der Waals surface area contributed by atoms with Crippen molar-refractivity contribution in [3.63, 3.8) is 0 Å². The Labute approximate surface area is 148 Å². The number of carbonyl (C=O) groups is 1. The van der Waals surface area contributed by atoms with Crippen molar-refractivity contribution in [2.45, 2.75) is 63.9 Å². The molecule has 3 atom stereocenters. The molecular weight excluding hydrogens is 320 g/mol. The van der Waals surface area contributed by atoms with Crippen molar-refractivity contribution < 1.29 is 9.90 Å². The number of fused-ring (bicyclic) bond motifs is 2. The maximum Gasteiger partial charge on any atom is 0.222 e. The fraction of sp³-hybridized carbons (Fsp3) is 0.789. The molecule has 3 fully saturated rings. The summed E-state index contributed by atoms with van der Waals surface area (Å²) in [6, 6.07) is 0. The minimum Gasteiger partial charge on any atom is -0.389 e. The Morgan fingerprint density at radius 2 is 2.17 bits per heavy atom. The highest BCUT2D eigenvalue weighted by atomic mass is 32.1. The molecule has 3 aliphatic rings. The Hall–Kier alpha value is -0.940. The molecule has 4 rings (SSSR count). The fourth-order valence-corrected chi connectivity index (χ4v) is 6.00. The molecule has 1 aromatic rings. The first-order valence-electron chi connectivity index (χ1n) is 9.42. The summed E-state index contributed by atoms with van der Waals surface area (Å²) in [6.07, 6.45) is 8.09. The lowest BCUT2D eigenvalue weighted by Crippen LogP contribution is -2.48. The van der Waals surface area contributed by atoms with Crippen molar-refractivity contribution in [2.24, 2.45) is 17.8 Å². The molecule has 2 aliphatic carbocycles. The molecule has 4 nitrogen and oxygen atoms in total. The summed E-state index contributed by atoms with van der Waals surface area (Å²) >= 11 is 1.63. The van der Waals surface area contributed by atoms with Gasteiger partial charge in [0.15, 0.2) is 0 Å². The molecule has 2 saturated carbocycles. The van der Waals surface area contributed by atoms with Crippen LogP contribution in [-0.4, -0.2) is 39.6 Å². The number of aliphatic hydroxyl groups is 1. The van der Waals surface area contributed by atoms with Gasteiger partial charge in [-0.05, 0) is 56.8 Å². The van der Waals surface area contributed by atoms with E-state index in [4.69, 9.17) is 0 Å². The molecule has 132 valence electrons. The maximum atomic E-state index is 12.6. The molecule has 2 heterocycles.